The Bertz CT molecular complexity index is 1220. The van der Waals surface area contributed by atoms with Gasteiger partial charge in [-0.25, -0.2) is 0 Å². The lowest BCUT2D eigenvalue weighted by Gasteiger charge is -2.55. The average Bonchev–Trinajstić information content (AvgIpc) is 3.60. The summed E-state index contributed by atoms with van der Waals surface area (Å²) in [6.07, 6.45) is 7.15. The molecule has 2 bridgehead atoms. The molecule has 5 heterocycles. The quantitative estimate of drug-likeness (QED) is 0.564. The van der Waals surface area contributed by atoms with E-state index in [0.717, 1.165) is 49.0 Å². The van der Waals surface area contributed by atoms with Crippen molar-refractivity contribution in [1.82, 2.24) is 20.0 Å². The maximum Gasteiger partial charge on any atom is 0.232 e. The first-order valence-electron chi connectivity index (χ1n) is 12.7. The number of benzene rings is 1. The van der Waals surface area contributed by atoms with E-state index in [1.165, 1.54) is 5.56 Å². The average molecular weight is 475 g/mol. The molecule has 7 heteroatoms. The van der Waals surface area contributed by atoms with Crippen molar-refractivity contribution in [3.8, 4) is 11.4 Å². The van der Waals surface area contributed by atoms with Gasteiger partial charge in [-0.05, 0) is 49.4 Å². The zero-order valence-corrected chi connectivity index (χ0v) is 20.9. The molecule has 3 aliphatic rings. The first kappa shape index (κ1) is 22.8. The second-order valence-corrected chi connectivity index (χ2v) is 11.4. The summed E-state index contributed by atoms with van der Waals surface area (Å²) in [7, 11) is 2.08. The van der Waals surface area contributed by atoms with E-state index in [4.69, 9.17) is 14.2 Å². The number of ether oxygens (including phenoxy) is 1. The Morgan fingerprint density at radius 1 is 1.11 bits per heavy atom. The predicted octanol–water partition coefficient (Wildman–Crippen LogP) is 4.48. The summed E-state index contributed by atoms with van der Waals surface area (Å²) >= 11 is 0. The Balaban J connectivity index is 1.37. The summed E-state index contributed by atoms with van der Waals surface area (Å²) in [5.74, 6) is 1.75. The molecule has 2 aromatic heterocycles. The Morgan fingerprint density at radius 3 is 2.51 bits per heavy atom. The van der Waals surface area contributed by atoms with Crippen LogP contribution in [0.2, 0.25) is 0 Å². The summed E-state index contributed by atoms with van der Waals surface area (Å²) in [5.41, 5.74) is 2.06. The van der Waals surface area contributed by atoms with Gasteiger partial charge in [0.15, 0.2) is 0 Å². The number of rotatable bonds is 6. The van der Waals surface area contributed by atoms with Crippen LogP contribution < -0.4 is 0 Å². The van der Waals surface area contributed by atoms with Crippen LogP contribution in [0.3, 0.4) is 0 Å². The molecular weight excluding hydrogens is 440 g/mol. The molecule has 3 fully saturated rings. The molecule has 3 saturated heterocycles. The standard InChI is InChI=1S/C28H34N4O3/c1-17(2)18-5-7-20(8-6-18)28(33,27(3)15-32(4)16-27)21-11-19(13-29-14-21)25-30-26(35-31-25)23-12-22-9-10-24(23)34-22/h5-8,11,13-14,17,22-24,33H,9-10,12,15-16H2,1-4H3/t22?,23?,24?,28-/m0/s1. The molecule has 1 aromatic carbocycles. The van der Waals surface area contributed by atoms with E-state index in [9.17, 15) is 5.11 Å². The van der Waals surface area contributed by atoms with Crippen molar-refractivity contribution in [2.45, 2.75) is 69.7 Å². The van der Waals surface area contributed by atoms with Gasteiger partial charge in [0.25, 0.3) is 0 Å². The van der Waals surface area contributed by atoms with Crippen molar-refractivity contribution >= 4 is 0 Å². The number of nitrogens with zero attached hydrogens (tertiary/aromatic N) is 4. The van der Waals surface area contributed by atoms with Gasteiger partial charge in [-0.15, -0.1) is 0 Å². The lowest BCUT2D eigenvalue weighted by atomic mass is 9.62. The highest BCUT2D eigenvalue weighted by Gasteiger charge is 2.55. The Labute approximate surface area is 206 Å². The molecule has 184 valence electrons. The number of fused-ring (bicyclic) bond motifs is 2. The fourth-order valence-corrected chi connectivity index (χ4v) is 6.51. The van der Waals surface area contributed by atoms with Gasteiger partial charge in [0.05, 0.1) is 18.1 Å². The minimum Gasteiger partial charge on any atom is -0.380 e. The molecule has 6 rings (SSSR count). The number of hydrogen-bond donors (Lipinski definition) is 1. The molecule has 0 spiro atoms. The van der Waals surface area contributed by atoms with E-state index < -0.39 is 5.60 Å². The Hall–Kier alpha value is -2.61. The van der Waals surface area contributed by atoms with Gasteiger partial charge in [-0.2, -0.15) is 4.98 Å². The molecule has 4 atom stereocenters. The van der Waals surface area contributed by atoms with Gasteiger partial charge in [0, 0.05) is 42.0 Å². The zero-order valence-electron chi connectivity index (χ0n) is 20.9. The third-order valence-corrected chi connectivity index (χ3v) is 8.39. The lowest BCUT2D eigenvalue weighted by Crippen LogP contribution is -2.63. The van der Waals surface area contributed by atoms with Crippen molar-refractivity contribution in [2.75, 3.05) is 20.1 Å². The van der Waals surface area contributed by atoms with E-state index in [-0.39, 0.29) is 17.4 Å². The van der Waals surface area contributed by atoms with Gasteiger partial charge in [0.1, 0.15) is 5.60 Å². The van der Waals surface area contributed by atoms with Gasteiger partial charge >= 0.3 is 0 Å². The van der Waals surface area contributed by atoms with Crippen LogP contribution in [0.5, 0.6) is 0 Å². The largest absolute Gasteiger partial charge is 0.380 e. The molecule has 3 unspecified atom stereocenters. The summed E-state index contributed by atoms with van der Waals surface area (Å²) in [4.78, 5) is 11.5. The molecule has 0 saturated carbocycles. The first-order valence-corrected chi connectivity index (χ1v) is 12.7. The van der Waals surface area contributed by atoms with Crippen LogP contribution in [0, 0.1) is 5.41 Å². The molecule has 0 radical (unpaired) electrons. The normalized spacial score (nSPS) is 27.2. The molecule has 0 amide bonds. The zero-order chi connectivity index (χ0) is 24.4. The van der Waals surface area contributed by atoms with Crippen LogP contribution in [0.1, 0.15) is 74.5 Å². The van der Waals surface area contributed by atoms with E-state index >= 15 is 0 Å². The van der Waals surface area contributed by atoms with Crippen LogP contribution in [0.15, 0.2) is 47.2 Å². The smallest absolute Gasteiger partial charge is 0.232 e. The van der Waals surface area contributed by atoms with Crippen LogP contribution in [0.4, 0.5) is 0 Å². The summed E-state index contributed by atoms with van der Waals surface area (Å²) in [6.45, 7) is 8.09. The van der Waals surface area contributed by atoms with Gasteiger partial charge in [-0.3, -0.25) is 4.98 Å². The number of hydrogen-bond acceptors (Lipinski definition) is 7. The highest BCUT2D eigenvalue weighted by atomic mass is 16.5. The second-order valence-electron chi connectivity index (χ2n) is 11.4. The van der Waals surface area contributed by atoms with E-state index in [1.54, 1.807) is 12.4 Å². The molecule has 7 nitrogen and oxygen atoms in total. The topological polar surface area (TPSA) is 84.5 Å². The summed E-state index contributed by atoms with van der Waals surface area (Å²) in [5, 5.41) is 16.7. The third-order valence-electron chi connectivity index (χ3n) is 8.39. The van der Waals surface area contributed by atoms with Crippen LogP contribution in [0.25, 0.3) is 11.4 Å². The van der Waals surface area contributed by atoms with Crippen molar-refractivity contribution in [1.29, 1.82) is 0 Å². The summed E-state index contributed by atoms with van der Waals surface area (Å²) in [6, 6.07) is 10.3. The molecule has 1 N–H and O–H groups in total. The summed E-state index contributed by atoms with van der Waals surface area (Å²) < 4.78 is 11.7. The lowest BCUT2D eigenvalue weighted by molar-refractivity contribution is -0.127. The minimum absolute atomic E-state index is 0.173. The van der Waals surface area contributed by atoms with Gasteiger partial charge < -0.3 is 19.3 Å². The van der Waals surface area contributed by atoms with Crippen molar-refractivity contribution < 1.29 is 14.4 Å². The van der Waals surface area contributed by atoms with E-state index in [0.29, 0.717) is 23.7 Å². The molecule has 0 aliphatic carbocycles. The van der Waals surface area contributed by atoms with Crippen molar-refractivity contribution in [3.63, 3.8) is 0 Å². The highest BCUT2D eigenvalue weighted by molar-refractivity contribution is 5.56. The molecular formula is C28H34N4O3. The van der Waals surface area contributed by atoms with Crippen LogP contribution in [-0.2, 0) is 10.3 Å². The number of aliphatic hydroxyl groups is 1. The fourth-order valence-electron chi connectivity index (χ4n) is 6.51. The highest BCUT2D eigenvalue weighted by Crippen LogP contribution is 2.50. The van der Waals surface area contributed by atoms with E-state index in [2.05, 4.69) is 67.1 Å². The second kappa shape index (κ2) is 8.22. The Kier molecular flexibility index (Phi) is 5.36. The van der Waals surface area contributed by atoms with Gasteiger partial charge in [0.2, 0.25) is 11.7 Å². The number of likely N-dealkylation sites (tertiary alicyclic amines) is 1. The monoisotopic (exact) mass is 474 g/mol. The molecule has 3 aliphatic heterocycles. The maximum atomic E-state index is 12.5. The molecule has 35 heavy (non-hydrogen) atoms. The number of pyridine rings is 1. The van der Waals surface area contributed by atoms with Crippen LogP contribution in [-0.4, -0.2) is 57.5 Å². The maximum absolute atomic E-state index is 12.5. The van der Waals surface area contributed by atoms with Crippen LogP contribution >= 0.6 is 0 Å². The van der Waals surface area contributed by atoms with E-state index in [1.807, 2.05) is 6.07 Å². The molecule has 3 aromatic rings. The number of aromatic nitrogens is 3. The SMILES string of the molecule is CC(C)c1ccc([C@](O)(c2cncc(-c3noc(C4CC5CCC4O5)n3)c2)C2(C)CN(C)C2)cc1. The van der Waals surface area contributed by atoms with Crippen molar-refractivity contribution in [2.24, 2.45) is 5.41 Å². The Morgan fingerprint density at radius 2 is 1.89 bits per heavy atom. The fraction of sp³-hybridized carbons (Fsp3) is 0.536. The predicted molar refractivity (Wildman–Crippen MR) is 132 cm³/mol. The first-order chi connectivity index (χ1) is 16.8. The third kappa shape index (κ3) is 3.63. The van der Waals surface area contributed by atoms with Crippen molar-refractivity contribution in [3.05, 3.63) is 65.3 Å². The minimum atomic E-state index is -1.21. The van der Waals surface area contributed by atoms with Gasteiger partial charge in [-0.1, -0.05) is 50.2 Å².